The summed E-state index contributed by atoms with van der Waals surface area (Å²) < 4.78 is 10.2. The molecule has 2 amide bonds. The van der Waals surface area contributed by atoms with Crippen LogP contribution >= 0.6 is 12.2 Å². The Hall–Kier alpha value is -3.39. The molecule has 3 N–H and O–H groups in total. The number of carbonyl (C=O) groups is 2. The molecule has 27 heavy (non-hydrogen) atoms. The molecule has 2 aromatic carbocycles. The molecule has 0 saturated carbocycles. The summed E-state index contributed by atoms with van der Waals surface area (Å²) in [6.45, 7) is 0. The smallest absolute Gasteiger partial charge is 0.269 e. The second-order valence-corrected chi connectivity index (χ2v) is 5.61. The molecule has 0 unspecified atom stereocenters. The summed E-state index contributed by atoms with van der Waals surface area (Å²) in [7, 11) is 3.09. The number of thiocarbonyl (C=S) groups is 1. The van der Waals surface area contributed by atoms with E-state index in [4.69, 9.17) is 21.7 Å². The fourth-order valence-electron chi connectivity index (χ4n) is 2.08. The number of rotatable bonds is 5. The van der Waals surface area contributed by atoms with Crippen molar-refractivity contribution in [2.45, 2.75) is 0 Å². The van der Waals surface area contributed by atoms with Gasteiger partial charge in [-0.15, -0.1) is 0 Å². The van der Waals surface area contributed by atoms with E-state index in [1.54, 1.807) is 50.6 Å². The predicted octanol–water partition coefficient (Wildman–Crippen LogP) is 2.05. The van der Waals surface area contributed by atoms with Crippen LogP contribution in [0.15, 0.2) is 54.6 Å². The Morgan fingerprint density at radius 2 is 1.67 bits per heavy atom. The summed E-state index contributed by atoms with van der Waals surface area (Å²) in [4.78, 5) is 23.9. The Bertz CT molecular complexity index is 850. The normalized spacial score (nSPS) is 10.1. The number of amides is 2. The van der Waals surface area contributed by atoms with Crippen molar-refractivity contribution in [1.29, 1.82) is 0 Å². The molecular weight excluding hydrogens is 366 g/mol. The number of nitrogens with one attached hydrogen (secondary N) is 3. The minimum atomic E-state index is -0.447. The standard InChI is InChI=1S/C19H19N3O4S/c1-25-15-10-7-14(8-11-15)18(24)21-22-19(27)20-17(23)12-9-13-5-3-4-6-16(13)26-2/h3-12H,1-2H3,(H,21,24)(H2,20,22,23,27)/b12-9+. The number of hydrazine groups is 1. The van der Waals surface area contributed by atoms with Crippen molar-refractivity contribution in [2.75, 3.05) is 14.2 Å². The van der Waals surface area contributed by atoms with Crippen molar-refractivity contribution in [3.63, 3.8) is 0 Å². The molecule has 0 saturated heterocycles. The van der Waals surface area contributed by atoms with Gasteiger partial charge >= 0.3 is 0 Å². The summed E-state index contributed by atoms with van der Waals surface area (Å²) in [5.41, 5.74) is 6.04. The highest BCUT2D eigenvalue weighted by Gasteiger charge is 2.07. The molecule has 7 nitrogen and oxygen atoms in total. The lowest BCUT2D eigenvalue weighted by Gasteiger charge is -2.10. The number of hydrogen-bond donors (Lipinski definition) is 3. The lowest BCUT2D eigenvalue weighted by Crippen LogP contribution is -2.48. The minimum Gasteiger partial charge on any atom is -0.497 e. The first-order valence-electron chi connectivity index (χ1n) is 7.90. The van der Waals surface area contributed by atoms with Crippen LogP contribution in [-0.2, 0) is 4.79 Å². The van der Waals surface area contributed by atoms with E-state index in [0.717, 1.165) is 5.56 Å². The maximum atomic E-state index is 12.0. The summed E-state index contributed by atoms with van der Waals surface area (Å²) in [6.07, 6.45) is 2.92. The third kappa shape index (κ3) is 6.12. The van der Waals surface area contributed by atoms with Gasteiger partial charge in [0, 0.05) is 17.2 Å². The van der Waals surface area contributed by atoms with Gasteiger partial charge in [-0.3, -0.25) is 25.8 Å². The average molecular weight is 385 g/mol. The van der Waals surface area contributed by atoms with Gasteiger partial charge < -0.3 is 9.47 Å². The number of para-hydroxylation sites is 1. The Morgan fingerprint density at radius 1 is 0.963 bits per heavy atom. The summed E-state index contributed by atoms with van der Waals surface area (Å²) in [5, 5.41) is 2.40. The third-order valence-electron chi connectivity index (χ3n) is 3.43. The van der Waals surface area contributed by atoms with Crippen molar-refractivity contribution in [3.05, 3.63) is 65.7 Å². The van der Waals surface area contributed by atoms with Gasteiger partial charge in [0.15, 0.2) is 5.11 Å². The molecule has 2 rings (SSSR count). The predicted molar refractivity (Wildman–Crippen MR) is 106 cm³/mol. The molecule has 0 fully saturated rings. The van der Waals surface area contributed by atoms with E-state index < -0.39 is 11.8 Å². The molecule has 0 atom stereocenters. The van der Waals surface area contributed by atoms with Crippen molar-refractivity contribution in [1.82, 2.24) is 16.2 Å². The highest BCUT2D eigenvalue weighted by Crippen LogP contribution is 2.18. The van der Waals surface area contributed by atoms with Crippen LogP contribution in [0.3, 0.4) is 0 Å². The molecule has 0 aliphatic carbocycles. The van der Waals surface area contributed by atoms with Crippen molar-refractivity contribution in [2.24, 2.45) is 0 Å². The zero-order chi connectivity index (χ0) is 19.6. The van der Waals surface area contributed by atoms with Crippen LogP contribution in [0.2, 0.25) is 0 Å². The van der Waals surface area contributed by atoms with Gasteiger partial charge in [0.2, 0.25) is 5.91 Å². The van der Waals surface area contributed by atoms with Crippen LogP contribution in [0, 0.1) is 0 Å². The molecule has 0 spiro atoms. The topological polar surface area (TPSA) is 88.7 Å². The van der Waals surface area contributed by atoms with Crippen LogP contribution in [-0.4, -0.2) is 31.1 Å². The molecule has 8 heteroatoms. The number of hydrogen-bond acceptors (Lipinski definition) is 5. The third-order valence-corrected chi connectivity index (χ3v) is 3.64. The number of benzene rings is 2. The van der Waals surface area contributed by atoms with E-state index in [2.05, 4.69) is 16.2 Å². The van der Waals surface area contributed by atoms with E-state index >= 15 is 0 Å². The molecule has 0 aliphatic heterocycles. The Kier molecular flexibility index (Phi) is 7.33. The van der Waals surface area contributed by atoms with Crippen molar-refractivity contribution >= 4 is 35.2 Å². The minimum absolute atomic E-state index is 0.0356. The van der Waals surface area contributed by atoms with Crippen LogP contribution < -0.4 is 25.6 Å². The highest BCUT2D eigenvalue weighted by atomic mass is 32.1. The molecule has 0 radical (unpaired) electrons. The van der Waals surface area contributed by atoms with Gasteiger partial charge in [0.25, 0.3) is 5.91 Å². The molecular formula is C19H19N3O4S. The second kappa shape index (κ2) is 9.93. The van der Waals surface area contributed by atoms with Gasteiger partial charge in [-0.1, -0.05) is 18.2 Å². The maximum absolute atomic E-state index is 12.0. The zero-order valence-corrected chi connectivity index (χ0v) is 15.6. The van der Waals surface area contributed by atoms with Crippen molar-refractivity contribution in [3.8, 4) is 11.5 Å². The summed E-state index contributed by atoms with van der Waals surface area (Å²) in [6, 6.07) is 13.8. The lowest BCUT2D eigenvalue weighted by atomic mass is 10.2. The molecule has 0 aliphatic rings. The lowest BCUT2D eigenvalue weighted by molar-refractivity contribution is -0.115. The monoisotopic (exact) mass is 385 g/mol. The Balaban J connectivity index is 1.83. The summed E-state index contributed by atoms with van der Waals surface area (Å²) >= 11 is 4.98. The Labute approximate surface area is 162 Å². The average Bonchev–Trinajstić information content (AvgIpc) is 2.70. The fourth-order valence-corrected chi connectivity index (χ4v) is 2.23. The van der Waals surface area contributed by atoms with E-state index in [1.165, 1.54) is 6.08 Å². The summed E-state index contributed by atoms with van der Waals surface area (Å²) in [5.74, 6) is 0.439. The van der Waals surface area contributed by atoms with Crippen LogP contribution in [0.4, 0.5) is 0 Å². The van der Waals surface area contributed by atoms with Gasteiger partial charge in [-0.05, 0) is 48.6 Å². The van der Waals surface area contributed by atoms with E-state index in [9.17, 15) is 9.59 Å². The molecule has 0 aromatic heterocycles. The number of ether oxygens (including phenoxy) is 2. The van der Waals surface area contributed by atoms with Gasteiger partial charge in [-0.2, -0.15) is 0 Å². The quantitative estimate of drug-likeness (QED) is 0.415. The van der Waals surface area contributed by atoms with Crippen molar-refractivity contribution < 1.29 is 19.1 Å². The van der Waals surface area contributed by atoms with Gasteiger partial charge in [0.05, 0.1) is 14.2 Å². The van der Waals surface area contributed by atoms with Crippen LogP contribution in [0.5, 0.6) is 11.5 Å². The van der Waals surface area contributed by atoms with E-state index in [0.29, 0.717) is 17.1 Å². The van der Waals surface area contributed by atoms with E-state index in [1.807, 2.05) is 18.2 Å². The highest BCUT2D eigenvalue weighted by molar-refractivity contribution is 7.80. The number of carbonyl (C=O) groups excluding carboxylic acids is 2. The van der Waals surface area contributed by atoms with Gasteiger partial charge in [0.1, 0.15) is 11.5 Å². The molecule has 2 aromatic rings. The second-order valence-electron chi connectivity index (χ2n) is 5.20. The van der Waals surface area contributed by atoms with Crippen LogP contribution in [0.1, 0.15) is 15.9 Å². The van der Waals surface area contributed by atoms with Gasteiger partial charge in [-0.25, -0.2) is 0 Å². The van der Waals surface area contributed by atoms with Crippen LogP contribution in [0.25, 0.3) is 6.08 Å². The largest absolute Gasteiger partial charge is 0.497 e. The fraction of sp³-hybridized carbons (Fsp3) is 0.105. The zero-order valence-electron chi connectivity index (χ0n) is 14.8. The first-order chi connectivity index (χ1) is 13.0. The molecule has 0 heterocycles. The Morgan fingerprint density at radius 3 is 2.33 bits per heavy atom. The SMILES string of the molecule is COc1ccc(C(=O)NNC(=S)NC(=O)/C=C/c2ccccc2OC)cc1. The molecule has 140 valence electrons. The molecule has 0 bridgehead atoms. The first-order valence-corrected chi connectivity index (χ1v) is 8.30. The first kappa shape index (κ1) is 19.9. The maximum Gasteiger partial charge on any atom is 0.269 e. The van der Waals surface area contributed by atoms with E-state index in [-0.39, 0.29) is 5.11 Å². The number of methoxy groups -OCH3 is 2.